The summed E-state index contributed by atoms with van der Waals surface area (Å²) >= 11 is 0. The van der Waals surface area contributed by atoms with Gasteiger partial charge < -0.3 is 14.8 Å². The number of fused-ring (bicyclic) bond motifs is 1. The van der Waals surface area contributed by atoms with E-state index in [2.05, 4.69) is 5.32 Å². The molecule has 1 aromatic rings. The van der Waals surface area contributed by atoms with Gasteiger partial charge in [-0.2, -0.15) is 10.5 Å². The second kappa shape index (κ2) is 4.94. The molecule has 1 aliphatic heterocycles. The molecule has 1 heterocycles. The summed E-state index contributed by atoms with van der Waals surface area (Å²) in [5, 5.41) is 30.6. The van der Waals surface area contributed by atoms with Crippen molar-refractivity contribution in [1.29, 1.82) is 10.5 Å². The fourth-order valence-corrected chi connectivity index (χ4v) is 1.44. The molecule has 0 aromatic heterocycles. The first-order valence-corrected chi connectivity index (χ1v) is 5.00. The van der Waals surface area contributed by atoms with Crippen molar-refractivity contribution >= 4 is 11.4 Å². The lowest BCUT2D eigenvalue weighted by Crippen LogP contribution is -1.97. The van der Waals surface area contributed by atoms with Gasteiger partial charge in [-0.15, -0.1) is 0 Å². The largest absolute Gasteiger partial charge is 0.454 e. The Hall–Kier alpha value is -3.26. The number of nitro groups is 1. The van der Waals surface area contributed by atoms with Crippen LogP contribution < -0.4 is 14.8 Å². The number of nitrogens with one attached hydrogen (secondary N) is 1. The van der Waals surface area contributed by atoms with Crippen LogP contribution in [0.1, 0.15) is 0 Å². The summed E-state index contributed by atoms with van der Waals surface area (Å²) < 4.78 is 10.1. The first kappa shape index (κ1) is 12.2. The smallest absolute Gasteiger partial charge is 0.296 e. The van der Waals surface area contributed by atoms with Crippen LogP contribution in [-0.2, 0) is 0 Å². The Morgan fingerprint density at radius 3 is 2.58 bits per heavy atom. The predicted octanol–water partition coefficient (Wildman–Crippen LogP) is 1.67. The summed E-state index contributed by atoms with van der Waals surface area (Å²) in [4.78, 5) is 10.3. The maximum absolute atomic E-state index is 10.9. The number of allylic oxidation sites excluding steroid dienone is 1. The highest BCUT2D eigenvalue weighted by molar-refractivity contribution is 5.70. The monoisotopic (exact) mass is 258 g/mol. The Labute approximate surface area is 107 Å². The number of benzene rings is 1. The number of hydrogen-bond acceptors (Lipinski definition) is 7. The molecule has 0 atom stereocenters. The minimum absolute atomic E-state index is 0.00653. The molecular formula is C11H6N4O4. The van der Waals surface area contributed by atoms with Crippen molar-refractivity contribution in [2.24, 2.45) is 0 Å². The number of ether oxygens (including phenoxy) is 2. The average molecular weight is 258 g/mol. The van der Waals surface area contributed by atoms with E-state index < -0.39 is 4.92 Å². The van der Waals surface area contributed by atoms with Gasteiger partial charge in [-0.05, 0) is 0 Å². The van der Waals surface area contributed by atoms with Gasteiger partial charge in [0, 0.05) is 12.3 Å². The molecule has 0 saturated carbocycles. The second-order valence-electron chi connectivity index (χ2n) is 3.41. The van der Waals surface area contributed by atoms with Crippen LogP contribution in [0, 0.1) is 32.8 Å². The maximum Gasteiger partial charge on any atom is 0.296 e. The van der Waals surface area contributed by atoms with E-state index >= 15 is 0 Å². The summed E-state index contributed by atoms with van der Waals surface area (Å²) in [6, 6.07) is 5.87. The molecule has 0 saturated heterocycles. The molecule has 2 rings (SSSR count). The van der Waals surface area contributed by atoms with Crippen molar-refractivity contribution in [3.63, 3.8) is 0 Å². The van der Waals surface area contributed by atoms with Gasteiger partial charge in [0.25, 0.3) is 5.69 Å². The zero-order valence-electron chi connectivity index (χ0n) is 9.41. The van der Waals surface area contributed by atoms with Gasteiger partial charge in [0.15, 0.2) is 11.5 Å². The van der Waals surface area contributed by atoms with Crippen molar-refractivity contribution in [3.05, 3.63) is 34.0 Å². The van der Waals surface area contributed by atoms with E-state index in [0.717, 1.165) is 6.20 Å². The molecule has 0 fully saturated rings. The molecule has 8 nitrogen and oxygen atoms in total. The summed E-state index contributed by atoms with van der Waals surface area (Å²) in [6.45, 7) is -0.00653. The SMILES string of the molecule is N#CC(C#N)=CNc1cc2c(cc1[N+](=O)[O-])OCO2. The molecule has 0 radical (unpaired) electrons. The van der Waals surface area contributed by atoms with Gasteiger partial charge in [-0.25, -0.2) is 0 Å². The zero-order chi connectivity index (χ0) is 13.8. The van der Waals surface area contributed by atoms with Gasteiger partial charge in [0.05, 0.1) is 11.0 Å². The van der Waals surface area contributed by atoms with Crippen LogP contribution in [0.3, 0.4) is 0 Å². The number of nitro benzene ring substituents is 1. The van der Waals surface area contributed by atoms with E-state index in [1.165, 1.54) is 12.1 Å². The van der Waals surface area contributed by atoms with E-state index in [9.17, 15) is 10.1 Å². The molecule has 1 aromatic carbocycles. The first-order chi connectivity index (χ1) is 9.15. The minimum Gasteiger partial charge on any atom is -0.454 e. The molecule has 0 spiro atoms. The van der Waals surface area contributed by atoms with Gasteiger partial charge in [0.1, 0.15) is 23.4 Å². The van der Waals surface area contributed by atoms with E-state index in [1.54, 1.807) is 12.1 Å². The van der Waals surface area contributed by atoms with Crippen molar-refractivity contribution in [1.82, 2.24) is 0 Å². The summed E-state index contributed by atoms with van der Waals surface area (Å²) in [7, 11) is 0. The van der Waals surface area contributed by atoms with Crippen molar-refractivity contribution in [3.8, 4) is 23.6 Å². The molecule has 1 N–H and O–H groups in total. The fraction of sp³-hybridized carbons (Fsp3) is 0.0909. The predicted molar refractivity (Wildman–Crippen MR) is 62.2 cm³/mol. The van der Waals surface area contributed by atoms with Gasteiger partial charge in [-0.3, -0.25) is 10.1 Å². The van der Waals surface area contributed by atoms with Crippen molar-refractivity contribution < 1.29 is 14.4 Å². The zero-order valence-corrected chi connectivity index (χ0v) is 9.41. The summed E-state index contributed by atoms with van der Waals surface area (Å²) in [6.07, 6.45) is 1.09. The van der Waals surface area contributed by atoms with Gasteiger partial charge >= 0.3 is 0 Å². The number of rotatable bonds is 3. The Bertz CT molecular complexity index is 638. The van der Waals surface area contributed by atoms with Crippen molar-refractivity contribution in [2.45, 2.75) is 0 Å². The Balaban J connectivity index is 2.40. The quantitative estimate of drug-likeness (QED) is 0.497. The molecule has 0 unspecified atom stereocenters. The number of hydrogen-bond donors (Lipinski definition) is 1. The third kappa shape index (κ3) is 2.37. The molecular weight excluding hydrogens is 252 g/mol. The van der Waals surface area contributed by atoms with Crippen LogP contribution in [0.5, 0.6) is 11.5 Å². The van der Waals surface area contributed by atoms with E-state index in [1.807, 2.05) is 0 Å². The van der Waals surface area contributed by atoms with Crippen LogP contribution in [0.25, 0.3) is 0 Å². The van der Waals surface area contributed by atoms with Gasteiger partial charge in [0.2, 0.25) is 6.79 Å². The third-order valence-electron chi connectivity index (χ3n) is 2.30. The Morgan fingerprint density at radius 2 is 2.00 bits per heavy atom. The van der Waals surface area contributed by atoms with E-state index in [-0.39, 0.29) is 29.5 Å². The number of nitriles is 2. The van der Waals surface area contributed by atoms with E-state index in [4.69, 9.17) is 20.0 Å². The second-order valence-corrected chi connectivity index (χ2v) is 3.41. The highest BCUT2D eigenvalue weighted by Gasteiger charge is 2.22. The van der Waals surface area contributed by atoms with Crippen LogP contribution in [0.15, 0.2) is 23.9 Å². The molecule has 0 bridgehead atoms. The van der Waals surface area contributed by atoms with Crippen LogP contribution in [0.2, 0.25) is 0 Å². The van der Waals surface area contributed by atoms with E-state index in [0.29, 0.717) is 5.75 Å². The lowest BCUT2D eigenvalue weighted by molar-refractivity contribution is -0.384. The molecule has 0 amide bonds. The Kier molecular flexibility index (Phi) is 3.17. The highest BCUT2D eigenvalue weighted by atomic mass is 16.7. The molecule has 19 heavy (non-hydrogen) atoms. The highest BCUT2D eigenvalue weighted by Crippen LogP contribution is 2.40. The minimum atomic E-state index is -0.601. The topological polar surface area (TPSA) is 121 Å². The molecule has 0 aliphatic carbocycles. The number of anilines is 1. The maximum atomic E-state index is 10.9. The van der Waals surface area contributed by atoms with Gasteiger partial charge in [-0.1, -0.05) is 0 Å². The molecule has 94 valence electrons. The van der Waals surface area contributed by atoms with Crippen LogP contribution >= 0.6 is 0 Å². The average Bonchev–Trinajstić information content (AvgIpc) is 2.85. The summed E-state index contributed by atoms with van der Waals surface area (Å²) in [5.41, 5.74) is -0.333. The first-order valence-electron chi connectivity index (χ1n) is 5.00. The fourth-order valence-electron chi connectivity index (χ4n) is 1.44. The lowest BCUT2D eigenvalue weighted by atomic mass is 10.2. The third-order valence-corrected chi connectivity index (χ3v) is 2.30. The molecule has 1 aliphatic rings. The standard InChI is InChI=1S/C11H6N4O4/c12-3-7(4-13)5-14-8-1-10-11(19-6-18-10)2-9(8)15(16)17/h1-2,5,14H,6H2. The lowest BCUT2D eigenvalue weighted by Gasteiger charge is -2.04. The number of nitrogens with zero attached hydrogens (tertiary/aromatic N) is 3. The normalized spacial score (nSPS) is 11.1. The summed E-state index contributed by atoms with van der Waals surface area (Å²) in [5.74, 6) is 0.638. The van der Waals surface area contributed by atoms with Crippen LogP contribution in [0.4, 0.5) is 11.4 Å². The molecule has 8 heteroatoms. The Morgan fingerprint density at radius 1 is 1.37 bits per heavy atom. The van der Waals surface area contributed by atoms with Crippen LogP contribution in [-0.4, -0.2) is 11.7 Å². The van der Waals surface area contributed by atoms with Crippen molar-refractivity contribution in [2.75, 3.05) is 12.1 Å².